The van der Waals surface area contributed by atoms with Crippen molar-refractivity contribution < 1.29 is 14.0 Å². The average molecular weight is 291 g/mol. The van der Waals surface area contributed by atoms with E-state index in [2.05, 4.69) is 6.92 Å². The van der Waals surface area contributed by atoms with Crippen molar-refractivity contribution in [2.24, 2.45) is 28.6 Å². The van der Waals surface area contributed by atoms with Crippen LogP contribution in [0, 0.1) is 28.6 Å². The number of ketones is 1. The average Bonchev–Trinajstić information content (AvgIpc) is 2.64. The Labute approximate surface area is 132 Å². The van der Waals surface area contributed by atoms with Gasteiger partial charge in [-0.1, -0.05) is 19.4 Å². The Balaban J connectivity index is 1.73. The van der Waals surface area contributed by atoms with E-state index in [9.17, 15) is 9.90 Å². The lowest BCUT2D eigenvalue weighted by Crippen LogP contribution is -2.51. The van der Waals surface area contributed by atoms with E-state index in [1.807, 2.05) is 13.0 Å². The molecule has 0 bridgehead atoms. The van der Waals surface area contributed by atoms with Crippen LogP contribution in [-0.4, -0.2) is 17.0 Å². The molecule has 0 aromatic heterocycles. The topological polar surface area (TPSA) is 37.3 Å². The molecule has 4 aliphatic rings. The molecular weight excluding hydrogens is 260 g/mol. The molecule has 0 heterocycles. The van der Waals surface area contributed by atoms with Crippen LogP contribution in [0.1, 0.15) is 69.3 Å². The third-order valence-electron chi connectivity index (χ3n) is 7.38. The molecule has 116 valence electrons. The molecule has 0 spiro atoms. The van der Waals surface area contributed by atoms with Crippen LogP contribution < -0.4 is 0 Å². The lowest BCUT2D eigenvalue weighted by Gasteiger charge is -2.57. The van der Waals surface area contributed by atoms with Crippen LogP contribution in [0.4, 0.5) is 0 Å². The van der Waals surface area contributed by atoms with Gasteiger partial charge in [-0.25, -0.2) is 0 Å². The van der Waals surface area contributed by atoms with Crippen molar-refractivity contribution in [2.45, 2.75) is 71.2 Å². The molecule has 0 aromatic carbocycles. The summed E-state index contributed by atoms with van der Waals surface area (Å²) in [5.74, 6) is 1.12. The van der Waals surface area contributed by atoms with Gasteiger partial charge in [0.2, 0.25) is 0 Å². The number of carbonyl (C=O) groups excluding carboxylic acids is 1. The molecule has 0 saturated heterocycles. The number of hydrogen-bond acceptors (Lipinski definition) is 2. The SMILES string of the molecule is [2H]C1([2H])C[C@H]2[C@@H]3CCC4=CC(=O)CC[C@]4(C)[C@H]3CC[C@]2(C)[C@@]1([2H])O. The molecule has 2 nitrogen and oxygen atoms in total. The highest BCUT2D eigenvalue weighted by Gasteiger charge is 2.58. The van der Waals surface area contributed by atoms with Crippen LogP contribution >= 0.6 is 0 Å². The van der Waals surface area contributed by atoms with E-state index < -0.39 is 17.9 Å². The van der Waals surface area contributed by atoms with Crippen molar-refractivity contribution in [2.75, 3.05) is 0 Å². The molecule has 0 aromatic rings. The summed E-state index contributed by atoms with van der Waals surface area (Å²) in [6.45, 7) is 4.23. The fourth-order valence-electron chi connectivity index (χ4n) is 5.96. The van der Waals surface area contributed by atoms with Gasteiger partial charge in [0, 0.05) is 9.16 Å². The number of hydrogen-bond donors (Lipinski definition) is 1. The Morgan fingerprint density at radius 2 is 2.05 bits per heavy atom. The van der Waals surface area contributed by atoms with Crippen molar-refractivity contribution in [3.05, 3.63) is 11.6 Å². The Kier molecular flexibility index (Phi) is 2.32. The van der Waals surface area contributed by atoms with Crippen molar-refractivity contribution >= 4 is 5.78 Å². The summed E-state index contributed by atoms with van der Waals surface area (Å²) in [6, 6.07) is 0. The smallest absolute Gasteiger partial charge is 0.155 e. The molecule has 4 rings (SSSR count). The molecule has 3 fully saturated rings. The highest BCUT2D eigenvalue weighted by Crippen LogP contribution is 2.65. The van der Waals surface area contributed by atoms with E-state index >= 15 is 0 Å². The first-order valence-corrected chi connectivity index (χ1v) is 8.49. The van der Waals surface area contributed by atoms with Crippen molar-refractivity contribution in [1.29, 1.82) is 0 Å². The van der Waals surface area contributed by atoms with Crippen molar-refractivity contribution in [1.82, 2.24) is 0 Å². The standard InChI is InChI=1S/C19H28O2/c1-18-9-7-13(20)11-12(18)3-4-14-15-5-6-17(21)19(15,2)10-8-16(14)18/h11,14-17,21H,3-10H2,1-2H3/t14-,15-,16-,17-,18-,19-/m0/s1/i6D2,17D. The van der Waals surface area contributed by atoms with E-state index in [0.717, 1.165) is 25.7 Å². The second kappa shape index (κ2) is 4.44. The maximum Gasteiger partial charge on any atom is 0.155 e. The molecule has 6 atom stereocenters. The number of carbonyl (C=O) groups is 1. The zero-order valence-corrected chi connectivity index (χ0v) is 13.1. The Morgan fingerprint density at radius 1 is 1.24 bits per heavy atom. The van der Waals surface area contributed by atoms with E-state index in [1.165, 1.54) is 5.57 Å². The van der Waals surface area contributed by atoms with E-state index in [-0.39, 0.29) is 17.1 Å². The summed E-state index contributed by atoms with van der Waals surface area (Å²) in [6.07, 6.45) is 3.35. The molecule has 0 radical (unpaired) electrons. The molecule has 0 unspecified atom stereocenters. The third kappa shape index (κ3) is 1.78. The minimum atomic E-state index is -2.00. The van der Waals surface area contributed by atoms with Crippen LogP contribution in [0.2, 0.25) is 0 Å². The highest BCUT2D eigenvalue weighted by atomic mass is 16.3. The fourth-order valence-corrected chi connectivity index (χ4v) is 5.96. The minimum absolute atomic E-state index is 0.0492. The van der Waals surface area contributed by atoms with Crippen LogP contribution in [0.3, 0.4) is 0 Å². The predicted molar refractivity (Wildman–Crippen MR) is 82.7 cm³/mol. The van der Waals surface area contributed by atoms with E-state index in [0.29, 0.717) is 31.1 Å². The first-order chi connectivity index (χ1) is 11.0. The number of rotatable bonds is 0. The van der Waals surface area contributed by atoms with Crippen molar-refractivity contribution in [3.63, 3.8) is 0 Å². The minimum Gasteiger partial charge on any atom is -0.393 e. The van der Waals surface area contributed by atoms with E-state index in [4.69, 9.17) is 4.11 Å². The molecule has 3 saturated carbocycles. The highest BCUT2D eigenvalue weighted by molar-refractivity contribution is 5.91. The first kappa shape index (κ1) is 11.0. The molecule has 4 aliphatic carbocycles. The number of fused-ring (bicyclic) bond motifs is 5. The summed E-state index contributed by atoms with van der Waals surface area (Å²) in [7, 11) is 0. The molecule has 0 aliphatic heterocycles. The van der Waals surface area contributed by atoms with Crippen LogP contribution in [0.15, 0.2) is 11.6 Å². The van der Waals surface area contributed by atoms with Gasteiger partial charge in [0.15, 0.2) is 5.78 Å². The van der Waals surface area contributed by atoms with Gasteiger partial charge in [-0.3, -0.25) is 4.79 Å². The van der Waals surface area contributed by atoms with Crippen LogP contribution in [0.5, 0.6) is 0 Å². The monoisotopic (exact) mass is 291 g/mol. The second-order valence-corrected chi connectivity index (χ2v) is 8.15. The van der Waals surface area contributed by atoms with E-state index in [1.54, 1.807) is 0 Å². The Bertz CT molecular complexity index is 626. The van der Waals surface area contributed by atoms with Gasteiger partial charge in [0.1, 0.15) is 0 Å². The lowest BCUT2D eigenvalue weighted by atomic mass is 9.47. The molecule has 2 heteroatoms. The lowest BCUT2D eigenvalue weighted by molar-refractivity contribution is -0.118. The zero-order chi connectivity index (χ0) is 17.5. The molecule has 1 N–H and O–H groups in total. The van der Waals surface area contributed by atoms with Crippen LogP contribution in [-0.2, 0) is 4.79 Å². The fraction of sp³-hybridized carbons (Fsp3) is 0.842. The normalized spacial score (nSPS) is 60.7. The summed E-state index contributed by atoms with van der Waals surface area (Å²) < 4.78 is 24.9. The van der Waals surface area contributed by atoms with Crippen molar-refractivity contribution in [3.8, 4) is 0 Å². The van der Waals surface area contributed by atoms with Gasteiger partial charge in [0.25, 0.3) is 0 Å². The zero-order valence-electron chi connectivity index (χ0n) is 16.1. The maximum absolute atomic E-state index is 11.8. The van der Waals surface area contributed by atoms with Gasteiger partial charge in [-0.2, -0.15) is 0 Å². The largest absolute Gasteiger partial charge is 0.393 e. The van der Waals surface area contributed by atoms with Gasteiger partial charge < -0.3 is 5.11 Å². The Morgan fingerprint density at radius 3 is 2.86 bits per heavy atom. The summed E-state index contributed by atoms with van der Waals surface area (Å²) in [5, 5.41) is 10.7. The summed E-state index contributed by atoms with van der Waals surface area (Å²) in [4.78, 5) is 11.8. The maximum atomic E-state index is 11.8. The molecule has 21 heavy (non-hydrogen) atoms. The van der Waals surface area contributed by atoms with Gasteiger partial charge >= 0.3 is 0 Å². The first-order valence-electron chi connectivity index (χ1n) is 9.99. The van der Waals surface area contributed by atoms with Gasteiger partial charge in [0.05, 0.1) is 7.45 Å². The number of allylic oxidation sites excluding steroid dienone is 1. The van der Waals surface area contributed by atoms with Gasteiger partial charge in [-0.05, 0) is 79.6 Å². The summed E-state index contributed by atoms with van der Waals surface area (Å²) in [5.41, 5.74) is 0.679. The molecular formula is C19H28O2. The van der Waals surface area contributed by atoms with Gasteiger partial charge in [-0.15, -0.1) is 0 Å². The second-order valence-electron chi connectivity index (χ2n) is 8.15. The quantitative estimate of drug-likeness (QED) is 0.735. The Hall–Kier alpha value is -0.630. The predicted octanol–water partition coefficient (Wildman–Crippen LogP) is 3.88. The molecule has 0 amide bonds. The number of aliphatic hydroxyl groups is 1. The summed E-state index contributed by atoms with van der Waals surface area (Å²) >= 11 is 0. The van der Waals surface area contributed by atoms with Crippen LogP contribution in [0.25, 0.3) is 0 Å². The third-order valence-corrected chi connectivity index (χ3v) is 7.38.